The third kappa shape index (κ3) is 3.22. The van der Waals surface area contributed by atoms with Gasteiger partial charge in [-0.25, -0.2) is 4.39 Å². The van der Waals surface area contributed by atoms with Gasteiger partial charge in [0.05, 0.1) is 0 Å². The second-order valence-electron chi connectivity index (χ2n) is 6.46. The van der Waals surface area contributed by atoms with Gasteiger partial charge in [0.2, 0.25) is 0 Å². The molecule has 1 N–H and O–H groups in total. The van der Waals surface area contributed by atoms with Crippen molar-refractivity contribution < 1.29 is 4.39 Å². The van der Waals surface area contributed by atoms with E-state index in [9.17, 15) is 4.39 Å². The molecule has 1 aliphatic rings. The first-order chi connectivity index (χ1) is 9.54. The van der Waals surface area contributed by atoms with E-state index in [1.165, 1.54) is 24.8 Å². The SMILES string of the molecule is CCCNC(c1c(C)cc(F)cc1C)C1CCCC1C. The van der Waals surface area contributed by atoms with E-state index < -0.39 is 0 Å². The molecule has 20 heavy (non-hydrogen) atoms. The first kappa shape index (κ1) is 15.5. The number of aryl methyl sites for hydroxylation is 2. The van der Waals surface area contributed by atoms with Gasteiger partial charge < -0.3 is 5.32 Å². The summed E-state index contributed by atoms with van der Waals surface area (Å²) in [6, 6.07) is 3.75. The highest BCUT2D eigenvalue weighted by atomic mass is 19.1. The summed E-state index contributed by atoms with van der Waals surface area (Å²) in [5.74, 6) is 1.33. The van der Waals surface area contributed by atoms with Crippen LogP contribution in [-0.4, -0.2) is 6.54 Å². The van der Waals surface area contributed by atoms with Crippen LogP contribution >= 0.6 is 0 Å². The van der Waals surface area contributed by atoms with Gasteiger partial charge in [-0.3, -0.25) is 0 Å². The van der Waals surface area contributed by atoms with Crippen LogP contribution in [0.3, 0.4) is 0 Å². The topological polar surface area (TPSA) is 12.0 Å². The molecule has 0 amide bonds. The zero-order valence-electron chi connectivity index (χ0n) is 13.3. The summed E-state index contributed by atoms with van der Waals surface area (Å²) < 4.78 is 13.6. The summed E-state index contributed by atoms with van der Waals surface area (Å²) in [7, 11) is 0. The van der Waals surface area contributed by atoms with Crippen molar-refractivity contribution in [3.05, 3.63) is 34.6 Å². The summed E-state index contributed by atoms with van der Waals surface area (Å²) in [5.41, 5.74) is 3.52. The monoisotopic (exact) mass is 277 g/mol. The fourth-order valence-corrected chi connectivity index (χ4v) is 3.85. The van der Waals surface area contributed by atoms with Gasteiger partial charge in [-0.1, -0.05) is 26.7 Å². The second-order valence-corrected chi connectivity index (χ2v) is 6.46. The van der Waals surface area contributed by atoms with Crippen molar-refractivity contribution in [3.63, 3.8) is 0 Å². The van der Waals surface area contributed by atoms with Gasteiger partial charge in [-0.15, -0.1) is 0 Å². The van der Waals surface area contributed by atoms with E-state index in [0.717, 1.165) is 30.0 Å². The number of hydrogen-bond acceptors (Lipinski definition) is 1. The first-order valence-corrected chi connectivity index (χ1v) is 8.04. The number of halogens is 1. The maximum atomic E-state index is 13.6. The van der Waals surface area contributed by atoms with Gasteiger partial charge in [0.15, 0.2) is 0 Å². The number of hydrogen-bond donors (Lipinski definition) is 1. The van der Waals surface area contributed by atoms with Crippen LogP contribution in [-0.2, 0) is 0 Å². The van der Waals surface area contributed by atoms with Crippen LogP contribution < -0.4 is 5.32 Å². The van der Waals surface area contributed by atoms with E-state index in [-0.39, 0.29) is 5.82 Å². The molecule has 1 aromatic rings. The summed E-state index contributed by atoms with van der Waals surface area (Å²) in [5, 5.41) is 3.74. The van der Waals surface area contributed by atoms with Crippen molar-refractivity contribution in [1.82, 2.24) is 5.32 Å². The van der Waals surface area contributed by atoms with Gasteiger partial charge in [0, 0.05) is 6.04 Å². The Bertz CT molecular complexity index is 432. The van der Waals surface area contributed by atoms with Crippen molar-refractivity contribution in [2.75, 3.05) is 6.54 Å². The molecule has 1 aromatic carbocycles. The molecule has 0 aromatic heterocycles. The Morgan fingerprint density at radius 3 is 2.40 bits per heavy atom. The normalized spacial score (nSPS) is 24.1. The van der Waals surface area contributed by atoms with Crippen LogP contribution in [0.4, 0.5) is 4.39 Å². The van der Waals surface area contributed by atoms with E-state index in [1.54, 1.807) is 12.1 Å². The molecule has 0 aliphatic heterocycles. The highest BCUT2D eigenvalue weighted by Crippen LogP contribution is 2.41. The lowest BCUT2D eigenvalue weighted by Crippen LogP contribution is -2.31. The van der Waals surface area contributed by atoms with Crippen LogP contribution in [0.1, 0.15) is 62.3 Å². The molecular formula is C18H28FN. The molecule has 1 aliphatic carbocycles. The largest absolute Gasteiger partial charge is 0.310 e. The summed E-state index contributed by atoms with van der Waals surface area (Å²) >= 11 is 0. The molecule has 0 heterocycles. The number of nitrogens with one attached hydrogen (secondary N) is 1. The quantitative estimate of drug-likeness (QED) is 0.805. The van der Waals surface area contributed by atoms with Gasteiger partial charge in [0.25, 0.3) is 0 Å². The molecule has 3 atom stereocenters. The van der Waals surface area contributed by atoms with Crippen molar-refractivity contribution >= 4 is 0 Å². The molecule has 0 saturated heterocycles. The minimum Gasteiger partial charge on any atom is -0.310 e. The summed E-state index contributed by atoms with van der Waals surface area (Å²) in [6.45, 7) is 9.69. The van der Waals surface area contributed by atoms with Gasteiger partial charge in [0.1, 0.15) is 5.82 Å². The Balaban J connectivity index is 2.35. The fraction of sp³-hybridized carbons (Fsp3) is 0.667. The van der Waals surface area contributed by atoms with Crippen LogP contribution in [0.2, 0.25) is 0 Å². The highest BCUT2D eigenvalue weighted by molar-refractivity contribution is 5.37. The summed E-state index contributed by atoms with van der Waals surface area (Å²) in [4.78, 5) is 0. The fourth-order valence-electron chi connectivity index (χ4n) is 3.85. The van der Waals surface area contributed by atoms with Gasteiger partial charge in [-0.2, -0.15) is 0 Å². The minimum atomic E-state index is -0.113. The van der Waals surface area contributed by atoms with Crippen molar-refractivity contribution in [1.29, 1.82) is 0 Å². The number of benzene rings is 1. The zero-order chi connectivity index (χ0) is 14.7. The predicted octanol–water partition coefficient (Wildman–Crippen LogP) is 4.92. The molecule has 1 saturated carbocycles. The lowest BCUT2D eigenvalue weighted by Gasteiger charge is -2.31. The highest BCUT2D eigenvalue weighted by Gasteiger charge is 2.33. The maximum Gasteiger partial charge on any atom is 0.123 e. The average molecular weight is 277 g/mol. The van der Waals surface area contributed by atoms with Gasteiger partial charge >= 0.3 is 0 Å². The molecule has 2 rings (SSSR count). The third-order valence-electron chi connectivity index (χ3n) is 4.84. The first-order valence-electron chi connectivity index (χ1n) is 8.04. The van der Waals surface area contributed by atoms with Crippen LogP contribution in [0.15, 0.2) is 12.1 Å². The lowest BCUT2D eigenvalue weighted by atomic mass is 9.82. The Hall–Kier alpha value is -0.890. The molecule has 2 heteroatoms. The van der Waals surface area contributed by atoms with Crippen molar-refractivity contribution in [2.45, 2.75) is 59.4 Å². The molecule has 1 nitrogen and oxygen atoms in total. The van der Waals surface area contributed by atoms with Crippen molar-refractivity contribution in [2.24, 2.45) is 11.8 Å². The standard InChI is InChI=1S/C18H28FN/c1-5-9-20-18(16-8-6-7-12(16)2)17-13(3)10-15(19)11-14(17)4/h10-12,16,18,20H,5-9H2,1-4H3. The molecule has 0 radical (unpaired) electrons. The zero-order valence-corrected chi connectivity index (χ0v) is 13.3. The number of rotatable bonds is 5. The molecule has 3 unspecified atom stereocenters. The maximum absolute atomic E-state index is 13.6. The molecule has 112 valence electrons. The van der Waals surface area contributed by atoms with E-state index in [2.05, 4.69) is 19.2 Å². The average Bonchev–Trinajstić information content (AvgIpc) is 2.78. The van der Waals surface area contributed by atoms with Gasteiger partial charge in [-0.05, 0) is 73.9 Å². The van der Waals surface area contributed by atoms with E-state index in [1.807, 2.05) is 13.8 Å². The summed E-state index contributed by atoms with van der Waals surface area (Å²) in [6.07, 6.45) is 5.08. The van der Waals surface area contributed by atoms with E-state index in [0.29, 0.717) is 12.0 Å². The van der Waals surface area contributed by atoms with E-state index >= 15 is 0 Å². The van der Waals surface area contributed by atoms with Crippen LogP contribution in [0, 0.1) is 31.5 Å². The molecule has 1 fully saturated rings. The van der Waals surface area contributed by atoms with Crippen LogP contribution in [0.5, 0.6) is 0 Å². The molecule has 0 spiro atoms. The van der Waals surface area contributed by atoms with Crippen molar-refractivity contribution in [3.8, 4) is 0 Å². The molecular weight excluding hydrogens is 249 g/mol. The second kappa shape index (κ2) is 6.71. The Morgan fingerprint density at radius 2 is 1.90 bits per heavy atom. The Kier molecular flexibility index (Phi) is 5.20. The van der Waals surface area contributed by atoms with E-state index in [4.69, 9.17) is 0 Å². The lowest BCUT2D eigenvalue weighted by molar-refractivity contribution is 0.300. The third-order valence-corrected chi connectivity index (χ3v) is 4.84. The smallest absolute Gasteiger partial charge is 0.123 e. The van der Waals surface area contributed by atoms with Crippen LogP contribution in [0.25, 0.3) is 0 Å². The predicted molar refractivity (Wildman–Crippen MR) is 83.4 cm³/mol. The minimum absolute atomic E-state index is 0.113. The Morgan fingerprint density at radius 1 is 1.25 bits per heavy atom. The Labute approximate surface area is 123 Å². The molecule has 0 bridgehead atoms.